The summed E-state index contributed by atoms with van der Waals surface area (Å²) in [7, 11) is 1.56. The molecule has 0 saturated heterocycles. The molecule has 0 fully saturated rings. The van der Waals surface area contributed by atoms with Gasteiger partial charge in [-0.05, 0) is 12.1 Å². The second-order valence-electron chi connectivity index (χ2n) is 3.42. The van der Waals surface area contributed by atoms with Crippen molar-refractivity contribution in [1.29, 1.82) is 0 Å². The Morgan fingerprint density at radius 1 is 1.31 bits per heavy atom. The summed E-state index contributed by atoms with van der Waals surface area (Å²) in [6.07, 6.45) is 0. The molecule has 16 heavy (non-hydrogen) atoms. The first-order chi connectivity index (χ1) is 7.74. The normalized spacial score (nSPS) is 10.8. The molecule has 2 aromatic rings. The van der Waals surface area contributed by atoms with E-state index in [1.165, 1.54) is 4.57 Å². The maximum absolute atomic E-state index is 11.7. The quantitative estimate of drug-likeness (QED) is 0.758. The molecule has 0 radical (unpaired) electrons. The average molecular weight is 220 g/mol. The Labute approximate surface area is 91.3 Å². The summed E-state index contributed by atoms with van der Waals surface area (Å²) < 4.78 is 6.35. The van der Waals surface area contributed by atoms with Crippen LogP contribution in [0, 0.1) is 0 Å². The number of hydrogen-bond donors (Lipinski definition) is 1. The molecule has 1 aromatic heterocycles. The molecule has 84 valence electrons. The lowest BCUT2D eigenvalue weighted by Gasteiger charge is -2.08. The molecule has 0 spiro atoms. The summed E-state index contributed by atoms with van der Waals surface area (Å²) in [6.45, 7) is 0.771. The van der Waals surface area contributed by atoms with E-state index < -0.39 is 11.1 Å². The molecular formula is C11H12N2O3. The van der Waals surface area contributed by atoms with Crippen LogP contribution >= 0.6 is 0 Å². The van der Waals surface area contributed by atoms with E-state index in [1.54, 1.807) is 19.2 Å². The van der Waals surface area contributed by atoms with Gasteiger partial charge >= 0.3 is 11.1 Å². The molecule has 0 amide bonds. The van der Waals surface area contributed by atoms with Gasteiger partial charge in [0.25, 0.3) is 0 Å². The maximum atomic E-state index is 11.7. The fourth-order valence-corrected chi connectivity index (χ4v) is 1.63. The fraction of sp³-hybridized carbons (Fsp3) is 0.273. The SMILES string of the molecule is COCCn1c(=O)c(=O)[nH]c2ccccc21. The fourth-order valence-electron chi connectivity index (χ4n) is 1.63. The predicted octanol–water partition coefficient (Wildman–Crippen LogP) is 0.336. The zero-order valence-electron chi connectivity index (χ0n) is 8.90. The Morgan fingerprint density at radius 3 is 2.81 bits per heavy atom. The highest BCUT2D eigenvalue weighted by Gasteiger charge is 2.05. The number of H-pyrrole nitrogens is 1. The van der Waals surface area contributed by atoms with Gasteiger partial charge in [0.15, 0.2) is 0 Å². The second kappa shape index (κ2) is 4.32. The van der Waals surface area contributed by atoms with Gasteiger partial charge in [-0.2, -0.15) is 0 Å². The largest absolute Gasteiger partial charge is 0.383 e. The third kappa shape index (κ3) is 1.77. The molecule has 1 heterocycles. The van der Waals surface area contributed by atoms with E-state index in [2.05, 4.69) is 4.98 Å². The Bertz CT molecular complexity index is 612. The lowest BCUT2D eigenvalue weighted by molar-refractivity contribution is 0.187. The van der Waals surface area contributed by atoms with Crippen molar-refractivity contribution >= 4 is 11.0 Å². The number of rotatable bonds is 3. The molecule has 0 aliphatic heterocycles. The van der Waals surface area contributed by atoms with Crippen molar-refractivity contribution in [2.75, 3.05) is 13.7 Å². The van der Waals surface area contributed by atoms with Crippen LogP contribution in [0.25, 0.3) is 11.0 Å². The molecule has 1 N–H and O–H groups in total. The molecule has 0 unspecified atom stereocenters. The van der Waals surface area contributed by atoms with Crippen molar-refractivity contribution in [1.82, 2.24) is 9.55 Å². The van der Waals surface area contributed by atoms with Gasteiger partial charge in [-0.15, -0.1) is 0 Å². The third-order valence-corrected chi connectivity index (χ3v) is 2.40. The summed E-state index contributed by atoms with van der Waals surface area (Å²) in [5.74, 6) is 0. The summed E-state index contributed by atoms with van der Waals surface area (Å²) in [4.78, 5) is 25.6. The summed E-state index contributed by atoms with van der Waals surface area (Å²) in [6, 6.07) is 7.19. The van der Waals surface area contributed by atoms with Crippen molar-refractivity contribution < 1.29 is 4.74 Å². The highest BCUT2D eigenvalue weighted by atomic mass is 16.5. The van der Waals surface area contributed by atoms with Crippen molar-refractivity contribution in [3.63, 3.8) is 0 Å². The molecule has 2 rings (SSSR count). The monoisotopic (exact) mass is 220 g/mol. The number of hydrogen-bond acceptors (Lipinski definition) is 3. The minimum atomic E-state index is -0.602. The number of benzene rings is 1. The Balaban J connectivity index is 2.72. The van der Waals surface area contributed by atoms with Crippen LogP contribution in [0.2, 0.25) is 0 Å². The zero-order chi connectivity index (χ0) is 11.5. The van der Waals surface area contributed by atoms with Gasteiger partial charge in [0.2, 0.25) is 0 Å². The van der Waals surface area contributed by atoms with Crippen molar-refractivity contribution in [3.8, 4) is 0 Å². The molecule has 1 aromatic carbocycles. The zero-order valence-corrected chi connectivity index (χ0v) is 8.90. The van der Waals surface area contributed by atoms with Gasteiger partial charge in [0.05, 0.1) is 17.6 Å². The van der Waals surface area contributed by atoms with Gasteiger partial charge in [0.1, 0.15) is 0 Å². The van der Waals surface area contributed by atoms with E-state index in [-0.39, 0.29) is 0 Å². The molecular weight excluding hydrogens is 208 g/mol. The lowest BCUT2D eigenvalue weighted by Crippen LogP contribution is -2.37. The van der Waals surface area contributed by atoms with Crippen molar-refractivity contribution in [3.05, 3.63) is 45.0 Å². The van der Waals surface area contributed by atoms with Crippen LogP contribution < -0.4 is 11.1 Å². The van der Waals surface area contributed by atoms with Crippen LogP contribution in [0.5, 0.6) is 0 Å². The van der Waals surface area contributed by atoms with Crippen molar-refractivity contribution in [2.24, 2.45) is 0 Å². The highest BCUT2D eigenvalue weighted by molar-refractivity contribution is 5.74. The number of methoxy groups -OCH3 is 1. The van der Waals surface area contributed by atoms with E-state index in [9.17, 15) is 9.59 Å². The summed E-state index contributed by atoms with van der Waals surface area (Å²) in [5, 5.41) is 0. The van der Waals surface area contributed by atoms with Gasteiger partial charge in [-0.25, -0.2) is 0 Å². The molecule has 5 heteroatoms. The maximum Gasteiger partial charge on any atom is 0.316 e. The minimum absolute atomic E-state index is 0.375. The van der Waals surface area contributed by atoms with Gasteiger partial charge in [0, 0.05) is 13.7 Å². The Hall–Kier alpha value is -1.88. The standard InChI is InChI=1S/C11H12N2O3/c1-16-7-6-13-9-5-3-2-4-8(9)12-10(14)11(13)15/h2-5H,6-7H2,1H3,(H,12,14). The minimum Gasteiger partial charge on any atom is -0.383 e. The number of aromatic nitrogens is 2. The first-order valence-corrected chi connectivity index (χ1v) is 4.95. The highest BCUT2D eigenvalue weighted by Crippen LogP contribution is 2.06. The van der Waals surface area contributed by atoms with Crippen LogP contribution in [0.15, 0.2) is 33.9 Å². The van der Waals surface area contributed by atoms with Crippen LogP contribution in [0.3, 0.4) is 0 Å². The van der Waals surface area contributed by atoms with Crippen LogP contribution in [0.4, 0.5) is 0 Å². The molecule has 0 aliphatic rings. The van der Waals surface area contributed by atoms with Crippen LogP contribution in [-0.4, -0.2) is 23.3 Å². The van der Waals surface area contributed by atoms with E-state index in [1.807, 2.05) is 12.1 Å². The van der Waals surface area contributed by atoms with Crippen LogP contribution in [0.1, 0.15) is 0 Å². The van der Waals surface area contributed by atoms with E-state index >= 15 is 0 Å². The number of nitrogens with zero attached hydrogens (tertiary/aromatic N) is 1. The Kier molecular flexibility index (Phi) is 2.87. The van der Waals surface area contributed by atoms with Gasteiger partial charge in [-0.3, -0.25) is 14.2 Å². The first kappa shape index (κ1) is 10.6. The predicted molar refractivity (Wildman–Crippen MR) is 60.7 cm³/mol. The van der Waals surface area contributed by atoms with E-state index in [0.717, 1.165) is 0 Å². The smallest absolute Gasteiger partial charge is 0.316 e. The number of ether oxygens (including phenoxy) is 1. The molecule has 0 bridgehead atoms. The van der Waals surface area contributed by atoms with E-state index in [0.29, 0.717) is 24.2 Å². The second-order valence-corrected chi connectivity index (χ2v) is 3.42. The molecule has 0 saturated carbocycles. The lowest BCUT2D eigenvalue weighted by atomic mass is 10.3. The number of para-hydroxylation sites is 2. The third-order valence-electron chi connectivity index (χ3n) is 2.40. The number of nitrogens with one attached hydrogen (secondary N) is 1. The van der Waals surface area contributed by atoms with Crippen molar-refractivity contribution in [2.45, 2.75) is 6.54 Å². The average Bonchev–Trinajstić information content (AvgIpc) is 2.30. The topological polar surface area (TPSA) is 64.1 Å². The molecule has 0 atom stereocenters. The number of fused-ring (bicyclic) bond motifs is 1. The van der Waals surface area contributed by atoms with Gasteiger partial charge in [-0.1, -0.05) is 12.1 Å². The van der Waals surface area contributed by atoms with E-state index in [4.69, 9.17) is 4.74 Å². The molecule has 5 nitrogen and oxygen atoms in total. The van der Waals surface area contributed by atoms with Crippen LogP contribution in [-0.2, 0) is 11.3 Å². The van der Waals surface area contributed by atoms with Gasteiger partial charge < -0.3 is 9.72 Å². The number of aromatic amines is 1. The molecule has 0 aliphatic carbocycles. The summed E-state index contributed by atoms with van der Waals surface area (Å²) >= 11 is 0. The Morgan fingerprint density at radius 2 is 2.06 bits per heavy atom. The summed E-state index contributed by atoms with van der Waals surface area (Å²) in [5.41, 5.74) is 0.220. The first-order valence-electron chi connectivity index (χ1n) is 4.95.